The Morgan fingerprint density at radius 1 is 1.29 bits per heavy atom. The van der Waals surface area contributed by atoms with Crippen molar-refractivity contribution in [1.82, 2.24) is 15.5 Å². The molecule has 31 heavy (non-hydrogen) atoms. The number of ether oxygens (including phenoxy) is 2. The van der Waals surface area contributed by atoms with Gasteiger partial charge < -0.3 is 29.4 Å². The first-order valence-electron chi connectivity index (χ1n) is 10.8. The zero-order valence-electron chi connectivity index (χ0n) is 18.7. The summed E-state index contributed by atoms with van der Waals surface area (Å²) in [6.45, 7) is 10.1. The van der Waals surface area contributed by atoms with E-state index in [0.29, 0.717) is 18.7 Å². The number of Topliss-reactive ketones (excluding diaryl/α,β-unsaturated/α-hetero) is 1. The highest BCUT2D eigenvalue weighted by atomic mass is 16.6. The fourth-order valence-corrected chi connectivity index (χ4v) is 3.96. The third-order valence-electron chi connectivity index (χ3n) is 5.53. The molecule has 2 aliphatic heterocycles. The SMILES string of the molecule is Cc1occc1OC(=O)N[C@@H](CC(C)(C)C)C(=O)NC1C(=O)COC1CN1CCCC1. The molecule has 2 amide bonds. The fourth-order valence-electron chi connectivity index (χ4n) is 3.96. The van der Waals surface area contributed by atoms with E-state index >= 15 is 0 Å². The van der Waals surface area contributed by atoms with Crippen LogP contribution in [0.5, 0.6) is 5.75 Å². The molecule has 9 heteroatoms. The Morgan fingerprint density at radius 3 is 2.61 bits per heavy atom. The lowest BCUT2D eigenvalue weighted by atomic mass is 9.87. The number of ketones is 1. The number of likely N-dealkylation sites (tertiary alicyclic amines) is 1. The van der Waals surface area contributed by atoms with Crippen LogP contribution < -0.4 is 15.4 Å². The average Bonchev–Trinajstić information content (AvgIpc) is 3.40. The van der Waals surface area contributed by atoms with E-state index in [1.165, 1.54) is 12.3 Å². The van der Waals surface area contributed by atoms with Crippen LogP contribution in [0, 0.1) is 12.3 Å². The van der Waals surface area contributed by atoms with Gasteiger partial charge in [-0.1, -0.05) is 20.8 Å². The lowest BCUT2D eigenvalue weighted by molar-refractivity contribution is -0.128. The smallest absolute Gasteiger partial charge is 0.413 e. The van der Waals surface area contributed by atoms with Crippen molar-refractivity contribution in [1.29, 1.82) is 0 Å². The van der Waals surface area contributed by atoms with Crippen LogP contribution in [-0.2, 0) is 14.3 Å². The van der Waals surface area contributed by atoms with Gasteiger partial charge in [-0.15, -0.1) is 0 Å². The fraction of sp³-hybridized carbons (Fsp3) is 0.682. The molecule has 3 heterocycles. The van der Waals surface area contributed by atoms with E-state index in [1.54, 1.807) is 6.92 Å². The highest BCUT2D eigenvalue weighted by molar-refractivity contribution is 5.94. The summed E-state index contributed by atoms with van der Waals surface area (Å²) in [7, 11) is 0. The lowest BCUT2D eigenvalue weighted by Gasteiger charge is -2.28. The molecular weight excluding hydrogens is 402 g/mol. The van der Waals surface area contributed by atoms with Crippen LogP contribution in [0.25, 0.3) is 0 Å². The molecule has 0 saturated carbocycles. The minimum absolute atomic E-state index is 0.0113. The number of furan rings is 1. The Balaban J connectivity index is 1.64. The number of amides is 2. The Bertz CT molecular complexity index is 793. The van der Waals surface area contributed by atoms with Gasteiger partial charge in [-0.2, -0.15) is 0 Å². The number of hydrogen-bond donors (Lipinski definition) is 2. The van der Waals surface area contributed by atoms with E-state index < -0.39 is 24.1 Å². The van der Waals surface area contributed by atoms with E-state index in [1.807, 2.05) is 20.8 Å². The van der Waals surface area contributed by atoms with Gasteiger partial charge >= 0.3 is 6.09 Å². The topological polar surface area (TPSA) is 110 Å². The van der Waals surface area contributed by atoms with Crippen LogP contribution in [0.3, 0.4) is 0 Å². The summed E-state index contributed by atoms with van der Waals surface area (Å²) in [5.41, 5.74) is -0.244. The Morgan fingerprint density at radius 2 is 2.00 bits per heavy atom. The summed E-state index contributed by atoms with van der Waals surface area (Å²) in [6, 6.07) is -0.0457. The van der Waals surface area contributed by atoms with Gasteiger partial charge in [0.2, 0.25) is 5.91 Å². The molecule has 9 nitrogen and oxygen atoms in total. The quantitative estimate of drug-likeness (QED) is 0.674. The highest BCUT2D eigenvalue weighted by Gasteiger charge is 2.40. The molecule has 0 radical (unpaired) electrons. The van der Waals surface area contributed by atoms with Crippen LogP contribution in [0.2, 0.25) is 0 Å². The van der Waals surface area contributed by atoms with Crippen LogP contribution >= 0.6 is 0 Å². The van der Waals surface area contributed by atoms with Crippen LogP contribution in [0.1, 0.15) is 45.8 Å². The van der Waals surface area contributed by atoms with Gasteiger partial charge in [-0.05, 0) is 44.7 Å². The molecule has 2 unspecified atom stereocenters. The van der Waals surface area contributed by atoms with Crippen molar-refractivity contribution in [3.05, 3.63) is 18.1 Å². The second kappa shape index (κ2) is 9.82. The molecule has 3 rings (SSSR count). The number of carbonyl (C=O) groups excluding carboxylic acids is 3. The van der Waals surface area contributed by atoms with Crippen molar-refractivity contribution in [2.24, 2.45) is 5.41 Å². The number of nitrogens with zero attached hydrogens (tertiary/aromatic N) is 1. The first-order chi connectivity index (χ1) is 14.6. The maximum absolute atomic E-state index is 13.1. The van der Waals surface area contributed by atoms with E-state index in [-0.39, 0.29) is 29.7 Å². The van der Waals surface area contributed by atoms with Gasteiger partial charge in [0.25, 0.3) is 0 Å². The van der Waals surface area contributed by atoms with Gasteiger partial charge in [0.15, 0.2) is 11.5 Å². The molecule has 2 N–H and O–H groups in total. The summed E-state index contributed by atoms with van der Waals surface area (Å²) in [4.78, 5) is 40.1. The van der Waals surface area contributed by atoms with Crippen molar-refractivity contribution < 1.29 is 28.3 Å². The maximum atomic E-state index is 13.1. The highest BCUT2D eigenvalue weighted by Crippen LogP contribution is 2.23. The van der Waals surface area contributed by atoms with Crippen molar-refractivity contribution in [2.45, 2.75) is 65.1 Å². The van der Waals surface area contributed by atoms with E-state index in [9.17, 15) is 14.4 Å². The summed E-state index contributed by atoms with van der Waals surface area (Å²) in [5.74, 6) is 0.178. The number of nitrogens with one attached hydrogen (secondary N) is 2. The summed E-state index contributed by atoms with van der Waals surface area (Å²) in [5, 5.41) is 5.46. The maximum Gasteiger partial charge on any atom is 0.413 e. The normalized spacial score (nSPS) is 23.0. The monoisotopic (exact) mass is 435 g/mol. The molecular formula is C22H33N3O6. The third-order valence-corrected chi connectivity index (χ3v) is 5.53. The Kier molecular flexibility index (Phi) is 7.38. The predicted octanol–water partition coefficient (Wildman–Crippen LogP) is 2.03. The van der Waals surface area contributed by atoms with E-state index in [4.69, 9.17) is 13.9 Å². The minimum Gasteiger partial charge on any atom is -0.466 e. The number of carbonyl (C=O) groups is 3. The minimum atomic E-state index is -0.861. The van der Waals surface area contributed by atoms with Gasteiger partial charge in [-0.25, -0.2) is 4.79 Å². The van der Waals surface area contributed by atoms with Gasteiger partial charge in [0, 0.05) is 12.6 Å². The Labute approximate surface area is 182 Å². The van der Waals surface area contributed by atoms with E-state index in [2.05, 4.69) is 15.5 Å². The number of rotatable bonds is 7. The Hall–Kier alpha value is -2.39. The molecule has 3 atom stereocenters. The molecule has 1 aromatic rings. The first-order valence-corrected chi connectivity index (χ1v) is 10.8. The van der Waals surface area contributed by atoms with Crippen molar-refractivity contribution in [3.8, 4) is 5.75 Å². The largest absolute Gasteiger partial charge is 0.466 e. The van der Waals surface area contributed by atoms with Crippen molar-refractivity contribution in [3.63, 3.8) is 0 Å². The molecule has 2 aliphatic rings. The van der Waals surface area contributed by atoms with Gasteiger partial charge in [0.05, 0.1) is 12.4 Å². The molecule has 0 aromatic carbocycles. The first kappa shape index (κ1) is 23.3. The van der Waals surface area contributed by atoms with Gasteiger partial charge in [0.1, 0.15) is 24.5 Å². The molecule has 172 valence electrons. The molecule has 0 aliphatic carbocycles. The zero-order valence-corrected chi connectivity index (χ0v) is 18.7. The van der Waals surface area contributed by atoms with E-state index in [0.717, 1.165) is 25.9 Å². The van der Waals surface area contributed by atoms with Crippen molar-refractivity contribution >= 4 is 17.8 Å². The summed E-state index contributed by atoms with van der Waals surface area (Å²) >= 11 is 0. The summed E-state index contributed by atoms with van der Waals surface area (Å²) in [6.07, 6.45) is 2.92. The predicted molar refractivity (Wildman–Crippen MR) is 113 cm³/mol. The van der Waals surface area contributed by atoms with Crippen molar-refractivity contribution in [2.75, 3.05) is 26.2 Å². The molecule has 2 saturated heterocycles. The molecule has 2 fully saturated rings. The lowest BCUT2D eigenvalue weighted by Crippen LogP contribution is -2.55. The second-order valence-corrected chi connectivity index (χ2v) is 9.50. The van der Waals surface area contributed by atoms with Crippen LogP contribution in [0.4, 0.5) is 4.79 Å². The van der Waals surface area contributed by atoms with Crippen LogP contribution in [-0.4, -0.2) is 67.1 Å². The standard InChI is InChI=1S/C22H33N3O6/c1-14-17(7-10-29-14)31-21(28)23-15(11-22(2,3)4)20(27)24-19-16(26)13-30-18(19)12-25-8-5-6-9-25/h7,10,15,18-19H,5-6,8-9,11-13H2,1-4H3,(H,23,28)(H,24,27)/t15-,18?,19?/m0/s1. The molecule has 0 bridgehead atoms. The number of aryl methyl sites for hydroxylation is 1. The zero-order chi connectivity index (χ0) is 22.6. The number of hydrogen-bond acceptors (Lipinski definition) is 7. The third kappa shape index (κ3) is 6.54. The second-order valence-electron chi connectivity index (χ2n) is 9.50. The van der Waals surface area contributed by atoms with Crippen LogP contribution in [0.15, 0.2) is 16.7 Å². The molecule has 0 spiro atoms. The molecule has 1 aromatic heterocycles. The van der Waals surface area contributed by atoms with Gasteiger partial charge in [-0.3, -0.25) is 9.59 Å². The summed E-state index contributed by atoms with van der Waals surface area (Å²) < 4.78 is 16.0. The average molecular weight is 436 g/mol.